The maximum atomic E-state index is 12.6. The van der Waals surface area contributed by atoms with E-state index in [0.29, 0.717) is 17.6 Å². The van der Waals surface area contributed by atoms with E-state index in [9.17, 15) is 9.59 Å². The first-order valence-corrected chi connectivity index (χ1v) is 8.47. The van der Waals surface area contributed by atoms with Crippen LogP contribution < -0.4 is 16.0 Å². The average Bonchev–Trinajstić information content (AvgIpc) is 3.16. The van der Waals surface area contributed by atoms with Crippen LogP contribution in [0.3, 0.4) is 0 Å². The largest absolute Gasteiger partial charge is 0.348 e. The normalized spacial score (nSPS) is 25.0. The minimum atomic E-state index is -0.105. The summed E-state index contributed by atoms with van der Waals surface area (Å²) < 4.78 is 0. The number of fused-ring (bicyclic) bond motifs is 3. The second kappa shape index (κ2) is 5.91. The van der Waals surface area contributed by atoms with Crippen LogP contribution in [0.25, 0.3) is 10.8 Å². The topological polar surface area (TPSA) is 70.2 Å². The van der Waals surface area contributed by atoms with Crippen LogP contribution >= 0.6 is 0 Å². The highest BCUT2D eigenvalue weighted by Gasteiger charge is 2.39. The van der Waals surface area contributed by atoms with Crippen molar-refractivity contribution in [3.8, 4) is 0 Å². The zero-order valence-corrected chi connectivity index (χ0v) is 13.6. The van der Waals surface area contributed by atoms with Crippen molar-refractivity contribution in [2.45, 2.75) is 44.3 Å². The highest BCUT2D eigenvalue weighted by Crippen LogP contribution is 2.28. The molecule has 2 aromatic rings. The maximum Gasteiger partial charge on any atom is 0.251 e. The summed E-state index contributed by atoms with van der Waals surface area (Å²) in [4.78, 5) is 23.8. The smallest absolute Gasteiger partial charge is 0.251 e. The van der Waals surface area contributed by atoms with Crippen LogP contribution in [-0.4, -0.2) is 29.9 Å². The van der Waals surface area contributed by atoms with Gasteiger partial charge in [0.05, 0.1) is 0 Å². The van der Waals surface area contributed by atoms with E-state index in [1.165, 1.54) is 13.3 Å². The third-order valence-corrected chi connectivity index (χ3v) is 5.04. The van der Waals surface area contributed by atoms with Gasteiger partial charge < -0.3 is 16.0 Å². The Morgan fingerprint density at radius 2 is 1.92 bits per heavy atom. The van der Waals surface area contributed by atoms with E-state index in [-0.39, 0.29) is 17.9 Å². The number of hydrogen-bond donors (Lipinski definition) is 3. The molecule has 0 saturated carbocycles. The van der Waals surface area contributed by atoms with Gasteiger partial charge in [0.25, 0.3) is 5.91 Å². The number of anilines is 1. The van der Waals surface area contributed by atoms with Crippen molar-refractivity contribution in [1.29, 1.82) is 0 Å². The second-order valence-electron chi connectivity index (χ2n) is 6.82. The summed E-state index contributed by atoms with van der Waals surface area (Å²) in [6.45, 7) is 1.48. The molecule has 2 amide bonds. The summed E-state index contributed by atoms with van der Waals surface area (Å²) in [5.41, 5.74) is 1.40. The lowest BCUT2D eigenvalue weighted by Crippen LogP contribution is -2.42. The summed E-state index contributed by atoms with van der Waals surface area (Å²) in [5.74, 6) is -0.131. The van der Waals surface area contributed by atoms with Crippen LogP contribution in [0, 0.1) is 0 Å². The Morgan fingerprint density at radius 1 is 1.08 bits per heavy atom. The monoisotopic (exact) mass is 323 g/mol. The summed E-state index contributed by atoms with van der Waals surface area (Å²) in [6, 6.07) is 12.6. The van der Waals surface area contributed by atoms with E-state index in [2.05, 4.69) is 16.0 Å². The van der Waals surface area contributed by atoms with Gasteiger partial charge in [0.2, 0.25) is 5.91 Å². The molecule has 2 saturated heterocycles. The summed E-state index contributed by atoms with van der Waals surface area (Å²) in [5, 5.41) is 11.5. The van der Waals surface area contributed by atoms with Gasteiger partial charge in [-0.1, -0.05) is 12.1 Å². The predicted octanol–water partition coefficient (Wildman–Crippen LogP) is 2.42. The van der Waals surface area contributed by atoms with E-state index in [4.69, 9.17) is 0 Å². The zero-order chi connectivity index (χ0) is 16.7. The number of amides is 2. The van der Waals surface area contributed by atoms with Gasteiger partial charge in [-0.15, -0.1) is 0 Å². The van der Waals surface area contributed by atoms with Crippen LogP contribution in [0.4, 0.5) is 5.69 Å². The molecule has 2 aliphatic heterocycles. The molecular formula is C19H21N3O2. The molecular weight excluding hydrogens is 302 g/mol. The Hall–Kier alpha value is -2.40. The third-order valence-electron chi connectivity index (χ3n) is 5.04. The SMILES string of the molecule is CC(=O)Nc1ccc2ccc(C(=O)NC3CC4CCC3N4)cc2c1. The van der Waals surface area contributed by atoms with Crippen molar-refractivity contribution in [2.75, 3.05) is 5.32 Å². The van der Waals surface area contributed by atoms with Crippen molar-refractivity contribution < 1.29 is 9.59 Å². The number of nitrogens with one attached hydrogen (secondary N) is 3. The second-order valence-corrected chi connectivity index (χ2v) is 6.82. The molecule has 24 heavy (non-hydrogen) atoms. The van der Waals surface area contributed by atoms with Gasteiger partial charge in [0.15, 0.2) is 0 Å². The number of rotatable bonds is 3. The van der Waals surface area contributed by atoms with Gasteiger partial charge in [-0.3, -0.25) is 9.59 Å². The fourth-order valence-electron chi connectivity index (χ4n) is 3.90. The van der Waals surface area contributed by atoms with E-state index >= 15 is 0 Å². The fraction of sp³-hybridized carbons (Fsp3) is 0.368. The number of hydrogen-bond acceptors (Lipinski definition) is 3. The lowest BCUT2D eigenvalue weighted by molar-refractivity contribution is -0.114. The van der Waals surface area contributed by atoms with Crippen molar-refractivity contribution in [3.05, 3.63) is 42.0 Å². The van der Waals surface area contributed by atoms with Crippen LogP contribution in [0.15, 0.2) is 36.4 Å². The van der Waals surface area contributed by atoms with Gasteiger partial charge in [-0.05, 0) is 54.3 Å². The standard InChI is InChI=1S/C19H21N3O2/c1-11(23)20-15-5-4-12-2-3-13(8-14(12)9-15)19(24)22-18-10-16-6-7-17(18)21-16/h2-5,8-9,16-18,21H,6-7,10H2,1H3,(H,20,23)(H,22,24). The molecule has 2 heterocycles. The first-order valence-electron chi connectivity index (χ1n) is 8.47. The molecule has 3 atom stereocenters. The quantitative estimate of drug-likeness (QED) is 0.812. The molecule has 5 heteroatoms. The molecule has 2 fully saturated rings. The summed E-state index contributed by atoms with van der Waals surface area (Å²) in [6.07, 6.45) is 3.39. The van der Waals surface area contributed by atoms with E-state index in [1.54, 1.807) is 0 Å². The predicted molar refractivity (Wildman–Crippen MR) is 94.1 cm³/mol. The van der Waals surface area contributed by atoms with E-state index in [1.807, 2.05) is 36.4 Å². The Morgan fingerprint density at radius 3 is 2.62 bits per heavy atom. The molecule has 4 rings (SSSR count). The van der Waals surface area contributed by atoms with Crippen molar-refractivity contribution in [3.63, 3.8) is 0 Å². The van der Waals surface area contributed by atoms with Crippen LogP contribution in [0.5, 0.6) is 0 Å². The Labute approximate surface area is 140 Å². The van der Waals surface area contributed by atoms with Gasteiger partial charge in [0, 0.05) is 36.3 Å². The van der Waals surface area contributed by atoms with E-state index < -0.39 is 0 Å². The lowest BCUT2D eigenvalue weighted by Gasteiger charge is -2.21. The Bertz CT molecular complexity index is 817. The number of benzene rings is 2. The molecule has 0 spiro atoms. The number of carbonyl (C=O) groups excluding carboxylic acids is 2. The molecule has 0 aromatic heterocycles. The van der Waals surface area contributed by atoms with Gasteiger partial charge >= 0.3 is 0 Å². The molecule has 0 radical (unpaired) electrons. The molecule has 2 aromatic carbocycles. The maximum absolute atomic E-state index is 12.6. The summed E-state index contributed by atoms with van der Waals surface area (Å²) in [7, 11) is 0. The molecule has 2 aliphatic rings. The number of carbonyl (C=O) groups is 2. The minimum absolute atomic E-state index is 0.0267. The Kier molecular flexibility index (Phi) is 3.73. The third kappa shape index (κ3) is 2.87. The van der Waals surface area contributed by atoms with Gasteiger partial charge in [-0.2, -0.15) is 0 Å². The van der Waals surface area contributed by atoms with Crippen LogP contribution in [-0.2, 0) is 4.79 Å². The molecule has 124 valence electrons. The molecule has 0 aliphatic carbocycles. The van der Waals surface area contributed by atoms with Crippen LogP contribution in [0.1, 0.15) is 36.5 Å². The molecule has 3 N–H and O–H groups in total. The molecule has 3 unspecified atom stereocenters. The highest BCUT2D eigenvalue weighted by atomic mass is 16.2. The van der Waals surface area contributed by atoms with E-state index in [0.717, 1.165) is 29.3 Å². The first-order chi connectivity index (χ1) is 11.6. The minimum Gasteiger partial charge on any atom is -0.348 e. The van der Waals surface area contributed by atoms with Crippen molar-refractivity contribution in [2.24, 2.45) is 0 Å². The first kappa shape index (κ1) is 15.1. The molecule has 5 nitrogen and oxygen atoms in total. The Balaban J connectivity index is 1.54. The van der Waals surface area contributed by atoms with Gasteiger partial charge in [0.1, 0.15) is 0 Å². The van der Waals surface area contributed by atoms with Crippen molar-refractivity contribution in [1.82, 2.24) is 10.6 Å². The van der Waals surface area contributed by atoms with Crippen molar-refractivity contribution >= 4 is 28.3 Å². The lowest BCUT2D eigenvalue weighted by atomic mass is 9.95. The fourth-order valence-corrected chi connectivity index (χ4v) is 3.90. The highest BCUT2D eigenvalue weighted by molar-refractivity contribution is 6.00. The zero-order valence-electron chi connectivity index (χ0n) is 13.6. The van der Waals surface area contributed by atoms with Gasteiger partial charge in [-0.25, -0.2) is 0 Å². The average molecular weight is 323 g/mol. The molecule has 2 bridgehead atoms. The summed E-state index contributed by atoms with van der Waals surface area (Å²) >= 11 is 0. The van der Waals surface area contributed by atoms with Crippen LogP contribution in [0.2, 0.25) is 0 Å².